The number of hydrogen-bond acceptors (Lipinski definition) is 3. The van der Waals surface area contributed by atoms with Crippen LogP contribution in [-0.2, 0) is 6.54 Å². The van der Waals surface area contributed by atoms with Gasteiger partial charge in [-0.15, -0.1) is 0 Å². The molecular weight excluding hydrogens is 226 g/mol. The molecule has 0 aliphatic carbocycles. The summed E-state index contributed by atoms with van der Waals surface area (Å²) in [7, 11) is 0. The van der Waals surface area contributed by atoms with Crippen molar-refractivity contribution in [3.8, 4) is 5.75 Å². The zero-order chi connectivity index (χ0) is 12.8. The summed E-state index contributed by atoms with van der Waals surface area (Å²) < 4.78 is 0. The zero-order valence-corrected chi connectivity index (χ0v) is 10.1. The molecule has 1 atom stereocenters. The van der Waals surface area contributed by atoms with E-state index in [0.29, 0.717) is 6.54 Å². The SMILES string of the molecule is OC[C@@H](NCc1ccccc1O)c1ccccc1. The smallest absolute Gasteiger partial charge is 0.120 e. The molecule has 0 saturated heterocycles. The van der Waals surface area contributed by atoms with E-state index >= 15 is 0 Å². The van der Waals surface area contributed by atoms with Crippen molar-refractivity contribution in [2.45, 2.75) is 12.6 Å². The third-order valence-electron chi connectivity index (χ3n) is 2.92. The van der Waals surface area contributed by atoms with Gasteiger partial charge in [0.1, 0.15) is 5.75 Å². The van der Waals surface area contributed by atoms with Crippen LogP contribution in [0.1, 0.15) is 17.2 Å². The Hall–Kier alpha value is -1.84. The van der Waals surface area contributed by atoms with Gasteiger partial charge in [0.2, 0.25) is 0 Å². The highest BCUT2D eigenvalue weighted by atomic mass is 16.3. The number of nitrogens with one attached hydrogen (secondary N) is 1. The minimum absolute atomic E-state index is 0.0254. The van der Waals surface area contributed by atoms with Crippen molar-refractivity contribution in [1.29, 1.82) is 0 Å². The first-order chi connectivity index (χ1) is 8.81. The van der Waals surface area contributed by atoms with Gasteiger partial charge in [0, 0.05) is 12.1 Å². The Bertz CT molecular complexity index is 485. The van der Waals surface area contributed by atoms with Crippen LogP contribution in [-0.4, -0.2) is 16.8 Å². The summed E-state index contributed by atoms with van der Waals surface area (Å²) in [4.78, 5) is 0. The van der Waals surface area contributed by atoms with Gasteiger partial charge in [0.05, 0.1) is 12.6 Å². The molecule has 2 aromatic rings. The lowest BCUT2D eigenvalue weighted by Crippen LogP contribution is -2.23. The van der Waals surface area contributed by atoms with Gasteiger partial charge in [-0.25, -0.2) is 0 Å². The molecule has 0 radical (unpaired) electrons. The van der Waals surface area contributed by atoms with Crippen LogP contribution in [0.2, 0.25) is 0 Å². The number of aliphatic hydroxyl groups excluding tert-OH is 1. The summed E-state index contributed by atoms with van der Waals surface area (Å²) in [6.45, 7) is 0.546. The Labute approximate surface area is 107 Å². The van der Waals surface area contributed by atoms with E-state index in [-0.39, 0.29) is 18.4 Å². The number of aliphatic hydroxyl groups is 1. The zero-order valence-electron chi connectivity index (χ0n) is 10.1. The highest BCUT2D eigenvalue weighted by molar-refractivity contribution is 5.31. The van der Waals surface area contributed by atoms with Gasteiger partial charge >= 0.3 is 0 Å². The predicted molar refractivity (Wildman–Crippen MR) is 71.2 cm³/mol. The molecule has 0 aliphatic rings. The first-order valence-electron chi connectivity index (χ1n) is 5.97. The number of phenols is 1. The minimum Gasteiger partial charge on any atom is -0.508 e. The second kappa shape index (κ2) is 6.19. The Balaban J connectivity index is 2.02. The summed E-state index contributed by atoms with van der Waals surface area (Å²) in [6, 6.07) is 16.9. The van der Waals surface area contributed by atoms with Gasteiger partial charge in [-0.2, -0.15) is 0 Å². The third-order valence-corrected chi connectivity index (χ3v) is 2.92. The van der Waals surface area contributed by atoms with E-state index in [1.807, 2.05) is 42.5 Å². The molecule has 3 N–H and O–H groups in total. The van der Waals surface area contributed by atoms with E-state index < -0.39 is 0 Å². The van der Waals surface area contributed by atoms with Gasteiger partial charge in [-0.1, -0.05) is 48.5 Å². The molecule has 0 amide bonds. The van der Waals surface area contributed by atoms with Crippen LogP contribution in [0.25, 0.3) is 0 Å². The minimum atomic E-state index is -0.120. The second-order valence-electron chi connectivity index (χ2n) is 4.16. The maximum atomic E-state index is 9.66. The lowest BCUT2D eigenvalue weighted by atomic mass is 10.1. The Morgan fingerprint density at radius 3 is 2.28 bits per heavy atom. The quantitative estimate of drug-likeness (QED) is 0.754. The van der Waals surface area contributed by atoms with E-state index in [4.69, 9.17) is 0 Å². The van der Waals surface area contributed by atoms with E-state index in [1.165, 1.54) is 0 Å². The van der Waals surface area contributed by atoms with Crippen molar-refractivity contribution < 1.29 is 10.2 Å². The molecule has 0 saturated carbocycles. The standard InChI is InChI=1S/C15H17NO2/c17-11-14(12-6-2-1-3-7-12)16-10-13-8-4-5-9-15(13)18/h1-9,14,16-18H,10-11H2/t14-/m1/s1. The molecule has 18 heavy (non-hydrogen) atoms. The van der Waals surface area contributed by atoms with Crippen molar-refractivity contribution in [1.82, 2.24) is 5.32 Å². The summed E-state index contributed by atoms with van der Waals surface area (Å²) in [6.07, 6.45) is 0. The van der Waals surface area contributed by atoms with Gasteiger partial charge in [-0.05, 0) is 11.6 Å². The van der Waals surface area contributed by atoms with Crippen LogP contribution in [0.3, 0.4) is 0 Å². The fourth-order valence-electron chi connectivity index (χ4n) is 1.87. The first kappa shape index (κ1) is 12.6. The molecule has 3 nitrogen and oxygen atoms in total. The van der Waals surface area contributed by atoms with Crippen molar-refractivity contribution in [2.24, 2.45) is 0 Å². The number of benzene rings is 2. The number of para-hydroxylation sites is 1. The Morgan fingerprint density at radius 2 is 1.61 bits per heavy atom. The second-order valence-corrected chi connectivity index (χ2v) is 4.16. The van der Waals surface area contributed by atoms with Gasteiger partial charge < -0.3 is 15.5 Å². The average Bonchev–Trinajstić information content (AvgIpc) is 2.42. The summed E-state index contributed by atoms with van der Waals surface area (Å²) in [5.41, 5.74) is 1.86. The highest BCUT2D eigenvalue weighted by Gasteiger charge is 2.09. The lowest BCUT2D eigenvalue weighted by Gasteiger charge is -2.17. The van der Waals surface area contributed by atoms with Crippen molar-refractivity contribution in [3.63, 3.8) is 0 Å². The first-order valence-corrected chi connectivity index (χ1v) is 5.97. The van der Waals surface area contributed by atoms with Gasteiger partial charge in [0.25, 0.3) is 0 Å². The molecule has 0 fully saturated rings. The predicted octanol–water partition coefficient (Wildman–Crippen LogP) is 2.22. The maximum absolute atomic E-state index is 9.66. The molecule has 0 spiro atoms. The molecule has 2 rings (SSSR count). The van der Waals surface area contributed by atoms with Crippen LogP contribution in [0, 0.1) is 0 Å². The van der Waals surface area contributed by atoms with E-state index in [0.717, 1.165) is 11.1 Å². The largest absolute Gasteiger partial charge is 0.508 e. The molecule has 2 aromatic carbocycles. The summed E-state index contributed by atoms with van der Waals surface area (Å²) >= 11 is 0. The van der Waals surface area contributed by atoms with Crippen molar-refractivity contribution in [3.05, 3.63) is 65.7 Å². The van der Waals surface area contributed by atoms with Crippen LogP contribution in [0.4, 0.5) is 0 Å². The Morgan fingerprint density at radius 1 is 0.944 bits per heavy atom. The molecule has 0 aliphatic heterocycles. The molecule has 0 unspecified atom stereocenters. The normalized spacial score (nSPS) is 12.3. The van der Waals surface area contributed by atoms with Crippen LogP contribution < -0.4 is 5.32 Å². The number of rotatable bonds is 5. The molecule has 94 valence electrons. The van der Waals surface area contributed by atoms with E-state index in [9.17, 15) is 10.2 Å². The summed E-state index contributed by atoms with van der Waals surface area (Å²) in [5.74, 6) is 0.273. The topological polar surface area (TPSA) is 52.5 Å². The average molecular weight is 243 g/mol. The molecular formula is C15H17NO2. The van der Waals surface area contributed by atoms with E-state index in [1.54, 1.807) is 12.1 Å². The maximum Gasteiger partial charge on any atom is 0.120 e. The summed E-state index contributed by atoms with van der Waals surface area (Å²) in [5, 5.41) is 22.3. The molecule has 0 aromatic heterocycles. The monoisotopic (exact) mass is 243 g/mol. The van der Waals surface area contributed by atoms with Crippen LogP contribution in [0.15, 0.2) is 54.6 Å². The van der Waals surface area contributed by atoms with Gasteiger partial charge in [0.15, 0.2) is 0 Å². The van der Waals surface area contributed by atoms with Crippen molar-refractivity contribution >= 4 is 0 Å². The third kappa shape index (κ3) is 3.09. The van der Waals surface area contributed by atoms with Crippen LogP contribution >= 0.6 is 0 Å². The number of phenolic OH excluding ortho intramolecular Hbond substituents is 1. The van der Waals surface area contributed by atoms with Crippen molar-refractivity contribution in [2.75, 3.05) is 6.61 Å². The number of aromatic hydroxyl groups is 1. The molecule has 3 heteroatoms. The molecule has 0 heterocycles. The van der Waals surface area contributed by atoms with Gasteiger partial charge in [-0.3, -0.25) is 0 Å². The van der Waals surface area contributed by atoms with E-state index in [2.05, 4.69) is 5.32 Å². The lowest BCUT2D eigenvalue weighted by molar-refractivity contribution is 0.243. The fourth-order valence-corrected chi connectivity index (χ4v) is 1.87. The molecule has 0 bridgehead atoms. The highest BCUT2D eigenvalue weighted by Crippen LogP contribution is 2.17. The van der Waals surface area contributed by atoms with Crippen LogP contribution in [0.5, 0.6) is 5.75 Å². The fraction of sp³-hybridized carbons (Fsp3) is 0.200. The number of hydrogen-bond donors (Lipinski definition) is 3. The Kier molecular flexibility index (Phi) is 4.34.